The summed E-state index contributed by atoms with van der Waals surface area (Å²) in [6, 6.07) is 0.0709. The van der Waals surface area contributed by atoms with Crippen molar-refractivity contribution in [2.24, 2.45) is 0 Å². The van der Waals surface area contributed by atoms with Crippen LogP contribution in [-0.4, -0.2) is 48.3 Å². The highest BCUT2D eigenvalue weighted by Gasteiger charge is 2.26. The SMILES string of the molecule is CCCN1CCOC(c2noc(C(C)NC)n2)C1. The van der Waals surface area contributed by atoms with Gasteiger partial charge in [0.15, 0.2) is 0 Å². The van der Waals surface area contributed by atoms with E-state index in [0.29, 0.717) is 11.7 Å². The zero-order valence-electron chi connectivity index (χ0n) is 11.3. The van der Waals surface area contributed by atoms with Crippen LogP contribution in [0.3, 0.4) is 0 Å². The van der Waals surface area contributed by atoms with Crippen LogP contribution in [0, 0.1) is 0 Å². The first-order valence-electron chi connectivity index (χ1n) is 6.59. The molecule has 2 rings (SSSR count). The number of rotatable bonds is 5. The van der Waals surface area contributed by atoms with Crippen molar-refractivity contribution in [1.29, 1.82) is 0 Å². The predicted molar refractivity (Wildman–Crippen MR) is 67.2 cm³/mol. The molecule has 2 unspecified atom stereocenters. The lowest BCUT2D eigenvalue weighted by molar-refractivity contribution is -0.0350. The van der Waals surface area contributed by atoms with Crippen LogP contribution in [0.25, 0.3) is 0 Å². The third kappa shape index (κ3) is 3.07. The molecule has 6 nitrogen and oxygen atoms in total. The molecule has 0 bridgehead atoms. The van der Waals surface area contributed by atoms with E-state index in [0.717, 1.165) is 32.7 Å². The minimum Gasteiger partial charge on any atom is -0.367 e. The van der Waals surface area contributed by atoms with Gasteiger partial charge in [-0.25, -0.2) is 0 Å². The molecule has 0 radical (unpaired) electrons. The second kappa shape index (κ2) is 6.26. The Kier molecular flexibility index (Phi) is 4.68. The van der Waals surface area contributed by atoms with E-state index in [2.05, 4.69) is 27.3 Å². The topological polar surface area (TPSA) is 63.4 Å². The van der Waals surface area contributed by atoms with Crippen LogP contribution < -0.4 is 5.32 Å². The molecule has 18 heavy (non-hydrogen) atoms. The average molecular weight is 254 g/mol. The maximum absolute atomic E-state index is 5.72. The lowest BCUT2D eigenvalue weighted by Gasteiger charge is -2.30. The summed E-state index contributed by atoms with van der Waals surface area (Å²) < 4.78 is 11.0. The van der Waals surface area contributed by atoms with E-state index >= 15 is 0 Å². The van der Waals surface area contributed by atoms with Gasteiger partial charge < -0.3 is 14.6 Å². The number of nitrogens with one attached hydrogen (secondary N) is 1. The third-order valence-electron chi connectivity index (χ3n) is 3.24. The lowest BCUT2D eigenvalue weighted by Crippen LogP contribution is -2.39. The zero-order valence-corrected chi connectivity index (χ0v) is 11.3. The molecule has 0 amide bonds. The summed E-state index contributed by atoms with van der Waals surface area (Å²) in [6.07, 6.45) is 1.09. The Morgan fingerprint density at radius 2 is 2.39 bits per heavy atom. The van der Waals surface area contributed by atoms with Crippen molar-refractivity contribution in [3.05, 3.63) is 11.7 Å². The normalized spacial score (nSPS) is 23.2. The van der Waals surface area contributed by atoms with Crippen molar-refractivity contribution in [3.8, 4) is 0 Å². The van der Waals surface area contributed by atoms with Crippen LogP contribution in [0.5, 0.6) is 0 Å². The van der Waals surface area contributed by atoms with Crippen molar-refractivity contribution in [3.63, 3.8) is 0 Å². The van der Waals surface area contributed by atoms with Crippen LogP contribution in [0.1, 0.15) is 44.1 Å². The van der Waals surface area contributed by atoms with Crippen LogP contribution in [0.2, 0.25) is 0 Å². The van der Waals surface area contributed by atoms with Crippen molar-refractivity contribution in [1.82, 2.24) is 20.4 Å². The van der Waals surface area contributed by atoms with Crippen molar-refractivity contribution in [2.45, 2.75) is 32.4 Å². The van der Waals surface area contributed by atoms with Crippen LogP contribution in [-0.2, 0) is 4.74 Å². The first kappa shape index (κ1) is 13.5. The molecule has 1 saturated heterocycles. The fourth-order valence-electron chi connectivity index (χ4n) is 2.06. The van der Waals surface area contributed by atoms with E-state index in [9.17, 15) is 0 Å². The molecule has 2 atom stereocenters. The van der Waals surface area contributed by atoms with E-state index in [-0.39, 0.29) is 12.1 Å². The molecule has 1 aromatic rings. The molecule has 2 heterocycles. The van der Waals surface area contributed by atoms with Gasteiger partial charge in [-0.1, -0.05) is 12.1 Å². The minimum atomic E-state index is -0.0631. The second-order valence-corrected chi connectivity index (χ2v) is 4.66. The highest BCUT2D eigenvalue weighted by Crippen LogP contribution is 2.21. The Hall–Kier alpha value is -0.980. The summed E-state index contributed by atoms with van der Waals surface area (Å²) in [7, 11) is 1.87. The first-order valence-corrected chi connectivity index (χ1v) is 6.59. The molecule has 0 aromatic carbocycles. The smallest absolute Gasteiger partial charge is 0.243 e. The molecule has 1 N–H and O–H groups in total. The van der Waals surface area contributed by atoms with Gasteiger partial charge in [-0.05, 0) is 26.9 Å². The maximum Gasteiger partial charge on any atom is 0.243 e. The van der Waals surface area contributed by atoms with Crippen molar-refractivity contribution in [2.75, 3.05) is 33.3 Å². The largest absolute Gasteiger partial charge is 0.367 e. The van der Waals surface area contributed by atoms with E-state index in [4.69, 9.17) is 9.26 Å². The Morgan fingerprint density at radius 3 is 3.11 bits per heavy atom. The molecule has 102 valence electrons. The molecule has 1 aliphatic rings. The minimum absolute atomic E-state index is 0.0631. The quantitative estimate of drug-likeness (QED) is 0.850. The fourth-order valence-corrected chi connectivity index (χ4v) is 2.06. The van der Waals surface area contributed by atoms with Crippen LogP contribution in [0.15, 0.2) is 4.52 Å². The zero-order chi connectivity index (χ0) is 13.0. The van der Waals surface area contributed by atoms with Gasteiger partial charge in [-0.15, -0.1) is 0 Å². The molecule has 1 aliphatic heterocycles. The van der Waals surface area contributed by atoms with Crippen LogP contribution >= 0.6 is 0 Å². The van der Waals surface area contributed by atoms with Crippen LogP contribution in [0.4, 0.5) is 0 Å². The predicted octanol–water partition coefficient (Wildman–Crippen LogP) is 1.13. The molecule has 0 aliphatic carbocycles. The van der Waals surface area contributed by atoms with Gasteiger partial charge in [-0.2, -0.15) is 4.98 Å². The number of ether oxygens (including phenoxy) is 1. The highest BCUT2D eigenvalue weighted by atomic mass is 16.5. The van der Waals surface area contributed by atoms with Gasteiger partial charge in [0, 0.05) is 13.1 Å². The molecule has 1 fully saturated rings. The van der Waals surface area contributed by atoms with Gasteiger partial charge in [0.05, 0.1) is 12.6 Å². The van der Waals surface area contributed by atoms with Gasteiger partial charge in [-0.3, -0.25) is 4.90 Å². The standard InChI is InChI=1S/C12H22N4O2/c1-4-5-16-6-7-17-10(8-16)11-14-12(18-15-11)9(2)13-3/h9-10,13H,4-8H2,1-3H3. The van der Waals surface area contributed by atoms with Gasteiger partial charge in [0.1, 0.15) is 6.10 Å². The molecule has 0 saturated carbocycles. The summed E-state index contributed by atoms with van der Waals surface area (Å²) in [6.45, 7) is 7.84. The molecular weight excluding hydrogens is 232 g/mol. The average Bonchev–Trinajstić information content (AvgIpc) is 2.88. The second-order valence-electron chi connectivity index (χ2n) is 4.66. The van der Waals surface area contributed by atoms with E-state index in [1.807, 2.05) is 14.0 Å². The molecular formula is C12H22N4O2. The summed E-state index contributed by atoms with van der Waals surface area (Å²) in [5, 5.41) is 7.10. The summed E-state index contributed by atoms with van der Waals surface area (Å²) in [4.78, 5) is 6.79. The van der Waals surface area contributed by atoms with Gasteiger partial charge in [0.2, 0.25) is 11.7 Å². The Morgan fingerprint density at radius 1 is 1.56 bits per heavy atom. The number of aromatic nitrogens is 2. The van der Waals surface area contributed by atoms with E-state index in [1.165, 1.54) is 0 Å². The summed E-state index contributed by atoms with van der Waals surface area (Å²) in [5.74, 6) is 1.27. The number of nitrogens with zero attached hydrogens (tertiary/aromatic N) is 3. The summed E-state index contributed by atoms with van der Waals surface area (Å²) >= 11 is 0. The van der Waals surface area contributed by atoms with Crippen molar-refractivity contribution < 1.29 is 9.26 Å². The monoisotopic (exact) mass is 254 g/mol. The Labute approximate surface area is 108 Å². The first-order chi connectivity index (χ1) is 8.74. The van der Waals surface area contributed by atoms with E-state index in [1.54, 1.807) is 0 Å². The number of hydrogen-bond acceptors (Lipinski definition) is 6. The molecule has 6 heteroatoms. The maximum atomic E-state index is 5.72. The number of morpholine rings is 1. The fraction of sp³-hybridized carbons (Fsp3) is 0.833. The van der Waals surface area contributed by atoms with Gasteiger partial charge >= 0.3 is 0 Å². The van der Waals surface area contributed by atoms with E-state index < -0.39 is 0 Å². The Bertz CT molecular complexity index is 367. The summed E-state index contributed by atoms with van der Waals surface area (Å²) in [5.41, 5.74) is 0. The Balaban J connectivity index is 2.00. The van der Waals surface area contributed by atoms with Crippen molar-refractivity contribution >= 4 is 0 Å². The molecule has 0 spiro atoms. The lowest BCUT2D eigenvalue weighted by atomic mass is 10.2. The highest BCUT2D eigenvalue weighted by molar-refractivity contribution is 4.96. The third-order valence-corrected chi connectivity index (χ3v) is 3.24. The molecule has 1 aromatic heterocycles. The van der Waals surface area contributed by atoms with Gasteiger partial charge in [0.25, 0.3) is 0 Å². The number of hydrogen-bond donors (Lipinski definition) is 1.